The number of carbonyl (C=O) groups is 2. The molecular formula is C14H17N3O5S. The first kappa shape index (κ1) is 17.1. The molecule has 1 unspecified atom stereocenters. The summed E-state index contributed by atoms with van der Waals surface area (Å²) in [7, 11) is 1.44. The Kier molecular flexibility index (Phi) is 5.12. The average molecular weight is 339 g/mol. The largest absolute Gasteiger partial charge is 0.480 e. The van der Waals surface area contributed by atoms with Crippen LogP contribution in [0.25, 0.3) is 4.96 Å². The van der Waals surface area contributed by atoms with Gasteiger partial charge in [-0.15, -0.1) is 11.3 Å². The molecule has 0 fully saturated rings. The van der Waals surface area contributed by atoms with E-state index in [0.29, 0.717) is 10.7 Å². The van der Waals surface area contributed by atoms with Gasteiger partial charge in [0, 0.05) is 36.9 Å². The zero-order valence-electron chi connectivity index (χ0n) is 13.0. The first-order valence-electron chi connectivity index (χ1n) is 6.87. The molecule has 1 amide bonds. The van der Waals surface area contributed by atoms with Gasteiger partial charge in [-0.3, -0.25) is 14.0 Å². The van der Waals surface area contributed by atoms with Crippen molar-refractivity contribution in [1.82, 2.24) is 14.7 Å². The lowest BCUT2D eigenvalue weighted by molar-refractivity contribution is -0.139. The lowest BCUT2D eigenvalue weighted by atomic mass is 10.2. The highest BCUT2D eigenvalue weighted by atomic mass is 32.1. The molecule has 0 aromatic carbocycles. The number of fused-ring (bicyclic) bond motifs is 1. The number of thiazole rings is 1. The van der Waals surface area contributed by atoms with Crippen LogP contribution >= 0.6 is 11.3 Å². The van der Waals surface area contributed by atoms with Crippen LogP contribution in [-0.4, -0.2) is 46.1 Å². The van der Waals surface area contributed by atoms with E-state index < -0.39 is 23.5 Å². The third-order valence-electron chi connectivity index (χ3n) is 3.48. The van der Waals surface area contributed by atoms with E-state index in [-0.39, 0.29) is 18.6 Å². The monoisotopic (exact) mass is 339 g/mol. The van der Waals surface area contributed by atoms with E-state index in [0.717, 1.165) is 4.88 Å². The Hall–Kier alpha value is -2.26. The van der Waals surface area contributed by atoms with Crippen LogP contribution in [0.15, 0.2) is 11.0 Å². The standard InChI is InChI=1S/C14H17N3O5S/c1-7-8(2)23-14-15-6-9(12(19)17(7)14)11(18)16-10(13(20)21)4-5-22-3/h6,10H,4-5H2,1-3H3,(H,16,18)(H,20,21). The maximum Gasteiger partial charge on any atom is 0.326 e. The molecule has 124 valence electrons. The van der Waals surface area contributed by atoms with Gasteiger partial charge in [-0.2, -0.15) is 0 Å². The number of aliphatic carboxylic acids is 1. The molecule has 2 rings (SSSR count). The number of rotatable bonds is 6. The Morgan fingerprint density at radius 1 is 1.48 bits per heavy atom. The van der Waals surface area contributed by atoms with E-state index in [4.69, 9.17) is 9.84 Å². The number of ether oxygens (including phenoxy) is 1. The fourth-order valence-corrected chi connectivity index (χ4v) is 2.99. The summed E-state index contributed by atoms with van der Waals surface area (Å²) in [5.74, 6) is -1.95. The van der Waals surface area contributed by atoms with Crippen LogP contribution in [0.3, 0.4) is 0 Å². The summed E-state index contributed by atoms with van der Waals surface area (Å²) in [6.45, 7) is 3.80. The van der Waals surface area contributed by atoms with Gasteiger partial charge in [-0.25, -0.2) is 9.78 Å². The zero-order chi connectivity index (χ0) is 17.1. The molecule has 0 saturated carbocycles. The third-order valence-corrected chi connectivity index (χ3v) is 4.55. The number of hydrogen-bond donors (Lipinski definition) is 2. The Morgan fingerprint density at radius 3 is 2.78 bits per heavy atom. The third kappa shape index (κ3) is 3.40. The number of aromatic nitrogens is 2. The minimum atomic E-state index is -1.19. The number of carboxylic acids is 1. The minimum absolute atomic E-state index is 0.102. The Labute approximate surface area is 135 Å². The molecule has 0 saturated heterocycles. The highest BCUT2D eigenvalue weighted by Gasteiger charge is 2.23. The molecule has 0 spiro atoms. The average Bonchev–Trinajstić information content (AvgIpc) is 2.79. The van der Waals surface area contributed by atoms with Crippen molar-refractivity contribution in [3.63, 3.8) is 0 Å². The highest BCUT2D eigenvalue weighted by Crippen LogP contribution is 2.18. The summed E-state index contributed by atoms with van der Waals surface area (Å²) in [6, 6.07) is -1.13. The van der Waals surface area contributed by atoms with Crippen LogP contribution in [0, 0.1) is 13.8 Å². The molecule has 0 aliphatic heterocycles. The fourth-order valence-electron chi connectivity index (χ4n) is 2.06. The van der Waals surface area contributed by atoms with Gasteiger partial charge in [0.05, 0.1) is 0 Å². The second-order valence-electron chi connectivity index (χ2n) is 4.98. The van der Waals surface area contributed by atoms with Gasteiger partial charge >= 0.3 is 5.97 Å². The van der Waals surface area contributed by atoms with E-state index in [1.807, 2.05) is 6.92 Å². The molecule has 0 aliphatic rings. The van der Waals surface area contributed by atoms with Crippen molar-refractivity contribution in [2.45, 2.75) is 26.3 Å². The van der Waals surface area contributed by atoms with E-state index in [9.17, 15) is 14.4 Å². The number of hydrogen-bond acceptors (Lipinski definition) is 6. The van der Waals surface area contributed by atoms with Crippen molar-refractivity contribution in [2.75, 3.05) is 13.7 Å². The van der Waals surface area contributed by atoms with Crippen molar-refractivity contribution in [3.05, 3.63) is 32.7 Å². The number of carbonyl (C=O) groups excluding carboxylic acids is 1. The second-order valence-corrected chi connectivity index (χ2v) is 6.17. The summed E-state index contributed by atoms with van der Waals surface area (Å²) in [4.78, 5) is 41.4. The van der Waals surface area contributed by atoms with E-state index in [1.165, 1.54) is 29.0 Å². The van der Waals surface area contributed by atoms with Crippen LogP contribution in [0.1, 0.15) is 27.3 Å². The molecule has 2 aromatic heterocycles. The Morgan fingerprint density at radius 2 is 2.17 bits per heavy atom. The number of aryl methyl sites for hydroxylation is 2. The van der Waals surface area contributed by atoms with Gasteiger partial charge in [0.1, 0.15) is 11.6 Å². The molecular weight excluding hydrogens is 322 g/mol. The van der Waals surface area contributed by atoms with Gasteiger partial charge in [0.2, 0.25) is 0 Å². The van der Waals surface area contributed by atoms with Gasteiger partial charge < -0.3 is 15.2 Å². The smallest absolute Gasteiger partial charge is 0.326 e. The van der Waals surface area contributed by atoms with Gasteiger partial charge in [-0.05, 0) is 13.8 Å². The molecule has 0 radical (unpaired) electrons. The molecule has 9 heteroatoms. The molecule has 2 aromatic rings. The molecule has 2 N–H and O–H groups in total. The molecule has 0 aliphatic carbocycles. The number of nitrogens with zero attached hydrogens (tertiary/aromatic N) is 2. The van der Waals surface area contributed by atoms with Gasteiger partial charge in [0.15, 0.2) is 4.96 Å². The predicted molar refractivity (Wildman–Crippen MR) is 84.2 cm³/mol. The summed E-state index contributed by atoms with van der Waals surface area (Å²) in [6.07, 6.45) is 1.28. The van der Waals surface area contributed by atoms with E-state index in [2.05, 4.69) is 10.3 Å². The van der Waals surface area contributed by atoms with Gasteiger partial charge in [-0.1, -0.05) is 0 Å². The van der Waals surface area contributed by atoms with Crippen LogP contribution in [0.2, 0.25) is 0 Å². The molecule has 1 atom stereocenters. The van der Waals surface area contributed by atoms with Crippen LogP contribution in [0.5, 0.6) is 0 Å². The molecule has 23 heavy (non-hydrogen) atoms. The Balaban J connectivity index is 2.34. The van der Waals surface area contributed by atoms with Crippen molar-refractivity contribution in [2.24, 2.45) is 0 Å². The van der Waals surface area contributed by atoms with Crippen LogP contribution < -0.4 is 10.9 Å². The van der Waals surface area contributed by atoms with Crippen molar-refractivity contribution in [1.29, 1.82) is 0 Å². The second kappa shape index (κ2) is 6.88. The predicted octanol–water partition coefficient (Wildman–Crippen LogP) is 0.592. The summed E-state index contributed by atoms with van der Waals surface area (Å²) >= 11 is 1.35. The first-order chi connectivity index (χ1) is 10.9. The van der Waals surface area contributed by atoms with Crippen molar-refractivity contribution < 1.29 is 19.4 Å². The highest BCUT2D eigenvalue weighted by molar-refractivity contribution is 7.17. The van der Waals surface area contributed by atoms with E-state index >= 15 is 0 Å². The topological polar surface area (TPSA) is 110 Å². The number of amides is 1. The quantitative estimate of drug-likeness (QED) is 0.797. The Bertz CT molecular complexity index is 811. The first-order valence-corrected chi connectivity index (χ1v) is 7.68. The van der Waals surface area contributed by atoms with Gasteiger partial charge in [0.25, 0.3) is 11.5 Å². The summed E-state index contributed by atoms with van der Waals surface area (Å²) in [5.41, 5.74) is 0.0172. The number of carboxylic acid groups (broad SMARTS) is 1. The van der Waals surface area contributed by atoms with Crippen LogP contribution in [0.4, 0.5) is 0 Å². The zero-order valence-corrected chi connectivity index (χ0v) is 13.8. The fraction of sp³-hybridized carbons (Fsp3) is 0.429. The summed E-state index contributed by atoms with van der Waals surface area (Å²) < 4.78 is 6.18. The maximum absolute atomic E-state index is 12.5. The molecule has 8 nitrogen and oxygen atoms in total. The molecule has 0 bridgehead atoms. The number of nitrogens with one attached hydrogen (secondary N) is 1. The minimum Gasteiger partial charge on any atom is -0.480 e. The normalized spacial score (nSPS) is 12.3. The lowest BCUT2D eigenvalue weighted by Gasteiger charge is -2.13. The SMILES string of the molecule is COCCC(NC(=O)c1cnc2sc(C)c(C)n2c1=O)C(=O)O. The maximum atomic E-state index is 12.5. The van der Waals surface area contributed by atoms with Crippen molar-refractivity contribution in [3.8, 4) is 0 Å². The van der Waals surface area contributed by atoms with Crippen molar-refractivity contribution >= 4 is 28.2 Å². The number of methoxy groups -OCH3 is 1. The lowest BCUT2D eigenvalue weighted by Crippen LogP contribution is -2.43. The van der Waals surface area contributed by atoms with E-state index in [1.54, 1.807) is 6.92 Å². The summed E-state index contributed by atoms with van der Waals surface area (Å²) in [5, 5.41) is 11.4. The molecule has 2 heterocycles. The van der Waals surface area contributed by atoms with Crippen LogP contribution in [-0.2, 0) is 9.53 Å².